The van der Waals surface area contributed by atoms with Crippen LogP contribution in [0.4, 0.5) is 5.69 Å². The zero-order valence-corrected chi connectivity index (χ0v) is 12.9. The van der Waals surface area contributed by atoms with Crippen LogP contribution in [0.2, 0.25) is 0 Å². The van der Waals surface area contributed by atoms with Gasteiger partial charge in [-0.25, -0.2) is 0 Å². The Kier molecular flexibility index (Phi) is 4.90. The van der Waals surface area contributed by atoms with Gasteiger partial charge >= 0.3 is 0 Å². The summed E-state index contributed by atoms with van der Waals surface area (Å²) in [6.45, 7) is 2.71. The van der Waals surface area contributed by atoms with Crippen molar-refractivity contribution in [2.24, 2.45) is 0 Å². The molecule has 2 aromatic carbocycles. The molecular formula is C15H16INO2. The van der Waals surface area contributed by atoms with Gasteiger partial charge in [-0.15, -0.1) is 0 Å². The molecule has 0 saturated heterocycles. The van der Waals surface area contributed by atoms with Gasteiger partial charge in [0.05, 0.1) is 10.2 Å². The lowest BCUT2D eigenvalue weighted by Crippen LogP contribution is -2.00. The van der Waals surface area contributed by atoms with Crippen molar-refractivity contribution in [1.82, 2.24) is 0 Å². The fraction of sp³-hybridized carbons (Fsp3) is 0.200. The second-order valence-electron chi connectivity index (χ2n) is 4.05. The summed E-state index contributed by atoms with van der Waals surface area (Å²) < 4.78 is 12.5. The standard InChI is InChI=1S/C15H16INO2/c1-2-10-18-13-8-5-9-14(15(13)17)19-12-7-4-3-6-11(12)16/h3-9H,2,10,17H2,1H3. The van der Waals surface area contributed by atoms with Gasteiger partial charge in [0.15, 0.2) is 5.75 Å². The zero-order chi connectivity index (χ0) is 13.7. The molecule has 100 valence electrons. The molecule has 4 heteroatoms. The Hall–Kier alpha value is -1.43. The lowest BCUT2D eigenvalue weighted by Gasteiger charge is -2.13. The maximum Gasteiger partial charge on any atom is 0.154 e. The van der Waals surface area contributed by atoms with Crippen LogP contribution in [-0.4, -0.2) is 6.61 Å². The van der Waals surface area contributed by atoms with E-state index in [4.69, 9.17) is 15.2 Å². The van der Waals surface area contributed by atoms with E-state index in [0.29, 0.717) is 23.8 Å². The molecule has 0 unspecified atom stereocenters. The summed E-state index contributed by atoms with van der Waals surface area (Å²) in [6.07, 6.45) is 0.946. The Labute approximate surface area is 126 Å². The highest BCUT2D eigenvalue weighted by molar-refractivity contribution is 14.1. The molecule has 0 heterocycles. The largest absolute Gasteiger partial charge is 0.491 e. The number of rotatable bonds is 5. The number of para-hydroxylation sites is 2. The van der Waals surface area contributed by atoms with Crippen molar-refractivity contribution in [2.45, 2.75) is 13.3 Å². The van der Waals surface area contributed by atoms with Gasteiger partial charge in [-0.3, -0.25) is 0 Å². The van der Waals surface area contributed by atoms with Crippen molar-refractivity contribution in [1.29, 1.82) is 0 Å². The van der Waals surface area contributed by atoms with Crippen LogP contribution in [0.3, 0.4) is 0 Å². The van der Waals surface area contributed by atoms with E-state index in [9.17, 15) is 0 Å². The van der Waals surface area contributed by atoms with Crippen molar-refractivity contribution < 1.29 is 9.47 Å². The number of anilines is 1. The molecule has 2 rings (SSSR count). The van der Waals surface area contributed by atoms with E-state index >= 15 is 0 Å². The minimum absolute atomic E-state index is 0.538. The van der Waals surface area contributed by atoms with E-state index in [1.165, 1.54) is 0 Å². The van der Waals surface area contributed by atoms with Crippen molar-refractivity contribution in [3.05, 3.63) is 46.0 Å². The lowest BCUT2D eigenvalue weighted by atomic mass is 10.2. The van der Waals surface area contributed by atoms with Crippen LogP contribution in [0.25, 0.3) is 0 Å². The Morgan fingerprint density at radius 1 is 1.00 bits per heavy atom. The molecule has 0 aromatic heterocycles. The molecule has 0 amide bonds. The predicted octanol–water partition coefficient (Wildman–Crippen LogP) is 4.45. The van der Waals surface area contributed by atoms with Crippen molar-refractivity contribution in [3.8, 4) is 17.2 Å². The van der Waals surface area contributed by atoms with Crippen LogP contribution in [0.15, 0.2) is 42.5 Å². The van der Waals surface area contributed by atoms with Crippen molar-refractivity contribution >= 4 is 28.3 Å². The smallest absolute Gasteiger partial charge is 0.154 e. The SMILES string of the molecule is CCCOc1cccc(Oc2ccccc2I)c1N. The summed E-state index contributed by atoms with van der Waals surface area (Å²) in [5, 5.41) is 0. The van der Waals surface area contributed by atoms with E-state index in [1.54, 1.807) is 0 Å². The van der Waals surface area contributed by atoms with E-state index < -0.39 is 0 Å². The molecule has 0 bridgehead atoms. The fourth-order valence-electron chi connectivity index (χ4n) is 1.60. The van der Waals surface area contributed by atoms with Gasteiger partial charge in [-0.05, 0) is 53.3 Å². The van der Waals surface area contributed by atoms with Gasteiger partial charge in [0.2, 0.25) is 0 Å². The van der Waals surface area contributed by atoms with Crippen molar-refractivity contribution in [3.63, 3.8) is 0 Å². The molecule has 2 N–H and O–H groups in total. The topological polar surface area (TPSA) is 44.5 Å². The van der Waals surface area contributed by atoms with Crippen LogP contribution in [-0.2, 0) is 0 Å². The number of benzene rings is 2. The molecule has 0 atom stereocenters. The highest BCUT2D eigenvalue weighted by Crippen LogP contribution is 2.35. The molecule has 0 radical (unpaired) electrons. The molecule has 0 aliphatic carbocycles. The van der Waals surface area contributed by atoms with Gasteiger partial charge < -0.3 is 15.2 Å². The first-order chi connectivity index (χ1) is 9.22. The highest BCUT2D eigenvalue weighted by atomic mass is 127. The first-order valence-electron chi connectivity index (χ1n) is 6.16. The van der Waals surface area contributed by atoms with Gasteiger partial charge in [0.25, 0.3) is 0 Å². The lowest BCUT2D eigenvalue weighted by molar-refractivity contribution is 0.318. The Balaban J connectivity index is 2.23. The minimum Gasteiger partial charge on any atom is -0.491 e. The molecule has 19 heavy (non-hydrogen) atoms. The van der Waals surface area contributed by atoms with Crippen LogP contribution in [0.5, 0.6) is 17.2 Å². The summed E-state index contributed by atoms with van der Waals surface area (Å²) >= 11 is 2.23. The van der Waals surface area contributed by atoms with Gasteiger partial charge in [0, 0.05) is 0 Å². The van der Waals surface area contributed by atoms with Crippen LogP contribution in [0.1, 0.15) is 13.3 Å². The van der Waals surface area contributed by atoms with Gasteiger partial charge in [0.1, 0.15) is 17.2 Å². The third-order valence-electron chi connectivity index (χ3n) is 2.54. The first kappa shape index (κ1) is 14.0. The summed E-state index contributed by atoms with van der Waals surface area (Å²) in [7, 11) is 0. The normalized spacial score (nSPS) is 10.2. The maximum atomic E-state index is 6.07. The highest BCUT2D eigenvalue weighted by Gasteiger charge is 2.09. The predicted molar refractivity (Wildman–Crippen MR) is 85.9 cm³/mol. The number of halogens is 1. The summed E-state index contributed by atoms with van der Waals surface area (Å²) in [5.41, 5.74) is 6.61. The Morgan fingerprint density at radius 2 is 1.68 bits per heavy atom. The fourth-order valence-corrected chi connectivity index (χ4v) is 2.09. The third-order valence-corrected chi connectivity index (χ3v) is 3.44. The van der Waals surface area contributed by atoms with Crippen molar-refractivity contribution in [2.75, 3.05) is 12.3 Å². The summed E-state index contributed by atoms with van der Waals surface area (Å²) in [4.78, 5) is 0. The number of nitrogens with two attached hydrogens (primary N) is 1. The van der Waals surface area contributed by atoms with Crippen LogP contribution >= 0.6 is 22.6 Å². The molecular weight excluding hydrogens is 353 g/mol. The molecule has 2 aromatic rings. The van der Waals surface area contributed by atoms with E-state index in [-0.39, 0.29) is 0 Å². The maximum absolute atomic E-state index is 6.07. The molecule has 0 aliphatic rings. The van der Waals surface area contributed by atoms with E-state index in [1.807, 2.05) is 42.5 Å². The second-order valence-corrected chi connectivity index (χ2v) is 5.21. The molecule has 0 fully saturated rings. The molecule has 0 aliphatic heterocycles. The minimum atomic E-state index is 0.538. The summed E-state index contributed by atoms with van der Waals surface area (Å²) in [6, 6.07) is 13.4. The zero-order valence-electron chi connectivity index (χ0n) is 10.7. The van der Waals surface area contributed by atoms with E-state index in [2.05, 4.69) is 29.5 Å². The Bertz CT molecular complexity index is 558. The number of hydrogen-bond acceptors (Lipinski definition) is 3. The second kappa shape index (κ2) is 6.65. The third kappa shape index (κ3) is 3.53. The molecule has 3 nitrogen and oxygen atoms in total. The van der Waals surface area contributed by atoms with Crippen LogP contribution < -0.4 is 15.2 Å². The number of ether oxygens (including phenoxy) is 2. The average molecular weight is 369 g/mol. The Morgan fingerprint density at radius 3 is 2.42 bits per heavy atom. The quantitative estimate of drug-likeness (QED) is 0.626. The number of nitrogen functional groups attached to an aromatic ring is 1. The monoisotopic (exact) mass is 369 g/mol. The molecule has 0 saturated carbocycles. The average Bonchev–Trinajstić information content (AvgIpc) is 2.42. The van der Waals surface area contributed by atoms with Gasteiger partial charge in [-0.1, -0.05) is 25.1 Å². The molecule has 0 spiro atoms. The van der Waals surface area contributed by atoms with E-state index in [0.717, 1.165) is 15.7 Å². The number of hydrogen-bond donors (Lipinski definition) is 1. The summed E-state index contributed by atoms with van der Waals surface area (Å²) in [5.74, 6) is 2.09. The first-order valence-corrected chi connectivity index (χ1v) is 7.24. The van der Waals surface area contributed by atoms with Crippen LogP contribution in [0, 0.1) is 3.57 Å². The van der Waals surface area contributed by atoms with Gasteiger partial charge in [-0.2, -0.15) is 0 Å².